The quantitative estimate of drug-likeness (QED) is 0.832. The summed E-state index contributed by atoms with van der Waals surface area (Å²) in [6.45, 7) is 2.91. The van der Waals surface area contributed by atoms with Gasteiger partial charge in [0.1, 0.15) is 5.82 Å². The van der Waals surface area contributed by atoms with Crippen LogP contribution < -0.4 is 5.56 Å². The number of aromatic amines is 1. The zero-order chi connectivity index (χ0) is 17.6. The summed E-state index contributed by atoms with van der Waals surface area (Å²) in [4.78, 5) is 22.0. The van der Waals surface area contributed by atoms with Crippen molar-refractivity contribution in [3.8, 4) is 11.4 Å². The number of aryl methyl sites for hydroxylation is 1. The van der Waals surface area contributed by atoms with Crippen molar-refractivity contribution in [2.75, 3.05) is 7.05 Å². The normalized spacial score (nSPS) is 16.1. The van der Waals surface area contributed by atoms with Crippen molar-refractivity contribution in [1.29, 1.82) is 0 Å². The molecule has 0 unspecified atom stereocenters. The summed E-state index contributed by atoms with van der Waals surface area (Å²) >= 11 is 0. The molecular formula is C21H29N3O. The molecule has 1 fully saturated rings. The van der Waals surface area contributed by atoms with Crippen LogP contribution in [0.1, 0.15) is 56.7 Å². The van der Waals surface area contributed by atoms with Crippen LogP contribution in [0.4, 0.5) is 0 Å². The van der Waals surface area contributed by atoms with Crippen molar-refractivity contribution in [2.45, 2.75) is 64.5 Å². The van der Waals surface area contributed by atoms with Gasteiger partial charge in [0, 0.05) is 29.9 Å². The van der Waals surface area contributed by atoms with Gasteiger partial charge in [-0.3, -0.25) is 9.69 Å². The van der Waals surface area contributed by atoms with Gasteiger partial charge in [0.2, 0.25) is 0 Å². The van der Waals surface area contributed by atoms with Crippen molar-refractivity contribution in [2.24, 2.45) is 0 Å². The first-order valence-corrected chi connectivity index (χ1v) is 9.56. The summed E-state index contributed by atoms with van der Waals surface area (Å²) in [5, 5.41) is 0. The third-order valence-corrected chi connectivity index (χ3v) is 5.30. The van der Waals surface area contributed by atoms with Gasteiger partial charge in [0.05, 0.1) is 0 Å². The lowest BCUT2D eigenvalue weighted by Gasteiger charge is -2.27. The zero-order valence-corrected chi connectivity index (χ0v) is 15.4. The van der Waals surface area contributed by atoms with E-state index in [0.717, 1.165) is 24.2 Å². The molecule has 2 aromatic rings. The Morgan fingerprint density at radius 1 is 1.16 bits per heavy atom. The second kappa shape index (κ2) is 8.43. The van der Waals surface area contributed by atoms with Gasteiger partial charge < -0.3 is 4.98 Å². The fourth-order valence-electron chi connectivity index (χ4n) is 3.80. The average Bonchev–Trinajstić information content (AvgIpc) is 2.91. The molecule has 25 heavy (non-hydrogen) atoms. The highest BCUT2D eigenvalue weighted by Crippen LogP contribution is 2.25. The van der Waals surface area contributed by atoms with Crippen LogP contribution in [0.25, 0.3) is 11.4 Å². The maximum atomic E-state index is 12.0. The molecule has 134 valence electrons. The van der Waals surface area contributed by atoms with E-state index in [9.17, 15) is 4.79 Å². The van der Waals surface area contributed by atoms with Gasteiger partial charge in [-0.1, -0.05) is 56.9 Å². The van der Waals surface area contributed by atoms with Crippen LogP contribution in [0.15, 0.2) is 35.1 Å². The van der Waals surface area contributed by atoms with Crippen LogP contribution in [0.3, 0.4) is 0 Å². The maximum Gasteiger partial charge on any atom is 0.251 e. The highest BCUT2D eigenvalue weighted by molar-refractivity contribution is 5.60. The minimum absolute atomic E-state index is 0.0752. The van der Waals surface area contributed by atoms with Crippen molar-refractivity contribution in [3.63, 3.8) is 0 Å². The molecule has 1 N–H and O–H groups in total. The monoisotopic (exact) mass is 339 g/mol. The number of hydrogen-bond acceptors (Lipinski definition) is 3. The number of rotatable bonds is 5. The van der Waals surface area contributed by atoms with E-state index in [4.69, 9.17) is 0 Å². The highest BCUT2D eigenvalue weighted by atomic mass is 16.1. The summed E-state index contributed by atoms with van der Waals surface area (Å²) < 4.78 is 0. The van der Waals surface area contributed by atoms with Gasteiger partial charge in [0.15, 0.2) is 0 Å². The Kier molecular flexibility index (Phi) is 6.03. The van der Waals surface area contributed by atoms with Crippen LogP contribution in [0.5, 0.6) is 0 Å². The first kappa shape index (κ1) is 17.9. The zero-order valence-electron chi connectivity index (χ0n) is 15.4. The van der Waals surface area contributed by atoms with E-state index in [1.807, 2.05) is 13.0 Å². The average molecular weight is 339 g/mol. The molecule has 4 heteroatoms. The van der Waals surface area contributed by atoms with Gasteiger partial charge in [0.25, 0.3) is 5.56 Å². The molecule has 0 amide bonds. The summed E-state index contributed by atoms with van der Waals surface area (Å²) in [5.74, 6) is 0.689. The summed E-state index contributed by atoms with van der Waals surface area (Å²) in [5.41, 5.74) is 3.03. The second-order valence-electron chi connectivity index (χ2n) is 7.16. The molecule has 1 aliphatic rings. The van der Waals surface area contributed by atoms with Crippen molar-refractivity contribution in [3.05, 3.63) is 51.9 Å². The Morgan fingerprint density at radius 2 is 1.88 bits per heavy atom. The van der Waals surface area contributed by atoms with E-state index in [0.29, 0.717) is 11.9 Å². The van der Waals surface area contributed by atoms with Crippen LogP contribution >= 0.6 is 0 Å². The molecule has 1 saturated carbocycles. The van der Waals surface area contributed by atoms with Gasteiger partial charge in [-0.2, -0.15) is 0 Å². The fraction of sp³-hybridized carbons (Fsp3) is 0.524. The molecule has 4 nitrogen and oxygen atoms in total. The fourth-order valence-corrected chi connectivity index (χ4v) is 3.80. The molecule has 1 aromatic carbocycles. The van der Waals surface area contributed by atoms with E-state index < -0.39 is 0 Å². The predicted octanol–water partition coefficient (Wildman–Crippen LogP) is 4.15. The van der Waals surface area contributed by atoms with E-state index in [1.54, 1.807) is 6.07 Å². The third-order valence-electron chi connectivity index (χ3n) is 5.30. The Balaban J connectivity index is 1.86. The predicted molar refractivity (Wildman–Crippen MR) is 103 cm³/mol. The Hall–Kier alpha value is -1.94. The lowest BCUT2D eigenvalue weighted by atomic mass is 10.0. The van der Waals surface area contributed by atoms with Gasteiger partial charge in [-0.15, -0.1) is 0 Å². The summed E-state index contributed by atoms with van der Waals surface area (Å²) in [6, 6.07) is 10.5. The minimum Gasteiger partial charge on any atom is -0.307 e. The van der Waals surface area contributed by atoms with Gasteiger partial charge in [-0.25, -0.2) is 4.98 Å². The molecule has 0 spiro atoms. The van der Waals surface area contributed by atoms with E-state index >= 15 is 0 Å². The van der Waals surface area contributed by atoms with Gasteiger partial charge >= 0.3 is 0 Å². The molecule has 0 atom stereocenters. The number of aromatic nitrogens is 2. The Morgan fingerprint density at radius 3 is 2.60 bits per heavy atom. The highest BCUT2D eigenvalue weighted by Gasteiger charge is 2.18. The van der Waals surface area contributed by atoms with E-state index in [1.165, 1.54) is 44.1 Å². The first-order chi connectivity index (χ1) is 12.2. The second-order valence-corrected chi connectivity index (χ2v) is 7.16. The minimum atomic E-state index is -0.0752. The third kappa shape index (κ3) is 4.57. The molecule has 0 radical (unpaired) electrons. The smallest absolute Gasteiger partial charge is 0.251 e. The molecule has 1 aliphatic carbocycles. The summed E-state index contributed by atoms with van der Waals surface area (Å²) in [7, 11) is 2.23. The van der Waals surface area contributed by atoms with Crippen LogP contribution in [0, 0.1) is 0 Å². The Bertz CT molecular complexity index is 745. The molecule has 0 bridgehead atoms. The van der Waals surface area contributed by atoms with Crippen LogP contribution in [0.2, 0.25) is 0 Å². The van der Waals surface area contributed by atoms with E-state index in [2.05, 4.69) is 40.1 Å². The topological polar surface area (TPSA) is 49.0 Å². The molecular weight excluding hydrogens is 310 g/mol. The standard InChI is InChI=1S/C21H29N3O/c1-3-17-14-20(25)23-21(22-17)19-13-9-8-10-16(19)15-24(2)18-11-6-4-5-7-12-18/h8-10,13-14,18H,3-7,11-12,15H2,1-2H3,(H,22,23,25). The first-order valence-electron chi connectivity index (χ1n) is 9.56. The SMILES string of the molecule is CCc1cc(=O)[nH]c(-c2ccccc2CN(C)C2CCCCCC2)n1. The van der Waals surface area contributed by atoms with Gasteiger partial charge in [-0.05, 0) is 31.9 Å². The van der Waals surface area contributed by atoms with Crippen LogP contribution in [-0.2, 0) is 13.0 Å². The van der Waals surface area contributed by atoms with Crippen molar-refractivity contribution in [1.82, 2.24) is 14.9 Å². The number of H-pyrrole nitrogens is 1. The van der Waals surface area contributed by atoms with E-state index in [-0.39, 0.29) is 5.56 Å². The van der Waals surface area contributed by atoms with Crippen molar-refractivity contribution < 1.29 is 0 Å². The van der Waals surface area contributed by atoms with Crippen molar-refractivity contribution >= 4 is 0 Å². The van der Waals surface area contributed by atoms with Crippen LogP contribution in [-0.4, -0.2) is 28.0 Å². The summed E-state index contributed by atoms with van der Waals surface area (Å²) in [6.07, 6.45) is 8.76. The number of benzene rings is 1. The molecule has 1 heterocycles. The molecule has 3 rings (SSSR count). The lowest BCUT2D eigenvalue weighted by molar-refractivity contribution is 0.213. The number of nitrogens with zero attached hydrogens (tertiary/aromatic N) is 2. The number of nitrogens with one attached hydrogen (secondary N) is 1. The number of hydrogen-bond donors (Lipinski definition) is 1. The largest absolute Gasteiger partial charge is 0.307 e. The molecule has 1 aromatic heterocycles. The molecule has 0 saturated heterocycles. The maximum absolute atomic E-state index is 12.0. The molecule has 0 aliphatic heterocycles. The Labute approximate surface area is 150 Å². The lowest BCUT2D eigenvalue weighted by Crippen LogP contribution is -2.31.